The Morgan fingerprint density at radius 1 is 0.864 bits per heavy atom. The average molecular weight is 600 g/mol. The fourth-order valence-corrected chi connectivity index (χ4v) is 4.56. The number of benzene rings is 3. The molecule has 0 unspecified atom stereocenters. The third-order valence-electron chi connectivity index (χ3n) is 6.95. The summed E-state index contributed by atoms with van der Waals surface area (Å²) < 4.78 is 45.8. The number of aromatic nitrogens is 3. The molecule has 224 valence electrons. The molecule has 2 N–H and O–H groups in total. The second kappa shape index (κ2) is 12.8. The Hall–Kier alpha value is -5.45. The third kappa shape index (κ3) is 6.95. The standard InChI is InChI=1S/C33H28F3N5O3/c1-37-30(42)16-13-27-20-29(23-5-3-21(4-6-23)22-7-9-25(10-8-22)33(34,35)36)41(40-27)28-14-11-26(12-15-28)39-32(43)24-17-18-38-31(19-24)44-2/h3-12,14-15,17-20H,13,16H2,1-2H3,(H,37,42)(H,39,43). The number of nitrogens with zero attached hydrogens (tertiary/aromatic N) is 3. The number of carbonyl (C=O) groups is 2. The summed E-state index contributed by atoms with van der Waals surface area (Å²) >= 11 is 0. The number of hydrogen-bond acceptors (Lipinski definition) is 5. The van der Waals surface area contributed by atoms with Crippen molar-refractivity contribution in [1.29, 1.82) is 0 Å². The summed E-state index contributed by atoms with van der Waals surface area (Å²) in [5, 5.41) is 10.2. The molecule has 0 spiro atoms. The molecule has 0 fully saturated rings. The van der Waals surface area contributed by atoms with E-state index in [0.29, 0.717) is 34.8 Å². The molecule has 11 heteroatoms. The highest BCUT2D eigenvalue weighted by atomic mass is 19.4. The van der Waals surface area contributed by atoms with E-state index in [4.69, 9.17) is 9.84 Å². The molecule has 0 radical (unpaired) electrons. The van der Waals surface area contributed by atoms with Gasteiger partial charge in [-0.3, -0.25) is 9.59 Å². The van der Waals surface area contributed by atoms with Crippen molar-refractivity contribution < 1.29 is 27.5 Å². The minimum Gasteiger partial charge on any atom is -0.481 e. The lowest BCUT2D eigenvalue weighted by Crippen LogP contribution is -2.18. The molecule has 0 saturated heterocycles. The highest BCUT2D eigenvalue weighted by Gasteiger charge is 2.30. The molecule has 0 saturated carbocycles. The summed E-state index contributed by atoms with van der Waals surface area (Å²) in [6.45, 7) is 0. The van der Waals surface area contributed by atoms with E-state index < -0.39 is 11.7 Å². The molecule has 5 rings (SSSR count). The van der Waals surface area contributed by atoms with Gasteiger partial charge < -0.3 is 15.4 Å². The summed E-state index contributed by atoms with van der Waals surface area (Å²) in [5.74, 6) is -0.0874. The molecule has 44 heavy (non-hydrogen) atoms. The van der Waals surface area contributed by atoms with Crippen LogP contribution in [0.1, 0.15) is 28.0 Å². The summed E-state index contributed by atoms with van der Waals surface area (Å²) in [6, 6.07) is 24.7. The van der Waals surface area contributed by atoms with E-state index in [0.717, 1.165) is 34.6 Å². The topological polar surface area (TPSA) is 98.1 Å². The van der Waals surface area contributed by atoms with Crippen LogP contribution in [0.4, 0.5) is 18.9 Å². The summed E-state index contributed by atoms with van der Waals surface area (Å²) in [4.78, 5) is 28.6. The Bertz CT molecular complexity index is 1760. The SMILES string of the molecule is CNC(=O)CCc1cc(-c2ccc(-c3ccc(C(F)(F)F)cc3)cc2)n(-c2ccc(NC(=O)c3ccnc(OC)c3)cc2)n1. The molecule has 0 aliphatic heterocycles. The Morgan fingerprint density at radius 2 is 1.50 bits per heavy atom. The summed E-state index contributed by atoms with van der Waals surface area (Å²) in [7, 11) is 3.06. The first-order chi connectivity index (χ1) is 21.1. The number of carbonyl (C=O) groups excluding carboxylic acids is 2. The Morgan fingerprint density at radius 3 is 2.11 bits per heavy atom. The van der Waals surface area contributed by atoms with E-state index in [1.165, 1.54) is 25.4 Å². The molecule has 0 aliphatic carbocycles. The van der Waals surface area contributed by atoms with Crippen LogP contribution < -0.4 is 15.4 Å². The molecule has 2 heterocycles. The molecule has 2 aromatic heterocycles. The number of aryl methyl sites for hydroxylation is 1. The van der Waals surface area contributed by atoms with Crippen molar-refractivity contribution in [3.05, 3.63) is 114 Å². The van der Waals surface area contributed by atoms with Gasteiger partial charge in [0.15, 0.2) is 0 Å². The van der Waals surface area contributed by atoms with Gasteiger partial charge in [0.2, 0.25) is 11.8 Å². The second-order valence-corrected chi connectivity index (χ2v) is 9.85. The van der Waals surface area contributed by atoms with E-state index in [2.05, 4.69) is 15.6 Å². The number of amides is 2. The molecule has 0 atom stereocenters. The molecular formula is C33H28F3N5O3. The van der Waals surface area contributed by atoms with Crippen molar-refractivity contribution in [2.75, 3.05) is 19.5 Å². The fourth-order valence-electron chi connectivity index (χ4n) is 4.56. The van der Waals surface area contributed by atoms with Gasteiger partial charge in [-0.15, -0.1) is 0 Å². The van der Waals surface area contributed by atoms with Crippen LogP contribution in [0, 0.1) is 0 Å². The van der Waals surface area contributed by atoms with Crippen LogP contribution in [0.15, 0.2) is 97.2 Å². The number of alkyl halides is 3. The van der Waals surface area contributed by atoms with E-state index in [9.17, 15) is 22.8 Å². The quantitative estimate of drug-likeness (QED) is 0.200. The van der Waals surface area contributed by atoms with Crippen LogP contribution in [0.5, 0.6) is 5.88 Å². The normalized spacial score (nSPS) is 11.2. The second-order valence-electron chi connectivity index (χ2n) is 9.85. The number of methoxy groups -OCH3 is 1. The molecule has 0 bridgehead atoms. The zero-order valence-electron chi connectivity index (χ0n) is 23.9. The van der Waals surface area contributed by atoms with Gasteiger partial charge in [-0.05, 0) is 59.7 Å². The first-order valence-corrected chi connectivity index (χ1v) is 13.6. The van der Waals surface area contributed by atoms with Gasteiger partial charge in [-0.1, -0.05) is 36.4 Å². The minimum absolute atomic E-state index is 0.103. The van der Waals surface area contributed by atoms with Crippen molar-refractivity contribution in [2.24, 2.45) is 0 Å². The van der Waals surface area contributed by atoms with Crippen molar-refractivity contribution in [3.63, 3.8) is 0 Å². The lowest BCUT2D eigenvalue weighted by molar-refractivity contribution is -0.137. The first kappa shape index (κ1) is 30.0. The van der Waals surface area contributed by atoms with Gasteiger partial charge in [-0.25, -0.2) is 9.67 Å². The van der Waals surface area contributed by atoms with Gasteiger partial charge in [0, 0.05) is 49.0 Å². The maximum absolute atomic E-state index is 13.0. The molecule has 8 nitrogen and oxygen atoms in total. The lowest BCUT2D eigenvalue weighted by Gasteiger charge is -2.11. The number of nitrogens with one attached hydrogen (secondary N) is 2. The highest BCUT2D eigenvalue weighted by molar-refractivity contribution is 6.04. The lowest BCUT2D eigenvalue weighted by atomic mass is 10.0. The molecule has 2 amide bonds. The van der Waals surface area contributed by atoms with Crippen molar-refractivity contribution in [1.82, 2.24) is 20.1 Å². The number of halogens is 3. The summed E-state index contributed by atoms with van der Waals surface area (Å²) in [5.41, 5.74) is 4.71. The predicted molar refractivity (Wildman–Crippen MR) is 161 cm³/mol. The monoisotopic (exact) mass is 599 g/mol. The number of ether oxygens (including phenoxy) is 1. The van der Waals surface area contributed by atoms with Gasteiger partial charge in [0.1, 0.15) is 0 Å². The van der Waals surface area contributed by atoms with Crippen molar-refractivity contribution in [2.45, 2.75) is 19.0 Å². The largest absolute Gasteiger partial charge is 0.481 e. The zero-order chi connectivity index (χ0) is 31.3. The van der Waals surface area contributed by atoms with E-state index in [-0.39, 0.29) is 18.2 Å². The van der Waals surface area contributed by atoms with Gasteiger partial charge in [0.25, 0.3) is 5.91 Å². The summed E-state index contributed by atoms with van der Waals surface area (Å²) in [6.07, 6.45) is -2.21. The van der Waals surface area contributed by atoms with Gasteiger partial charge in [0.05, 0.1) is 29.7 Å². The highest BCUT2D eigenvalue weighted by Crippen LogP contribution is 2.32. The smallest absolute Gasteiger partial charge is 0.416 e. The van der Waals surface area contributed by atoms with Crippen LogP contribution in [0.2, 0.25) is 0 Å². The number of anilines is 1. The van der Waals surface area contributed by atoms with Crippen LogP contribution in [-0.4, -0.2) is 40.7 Å². The van der Waals surface area contributed by atoms with Crippen LogP contribution in [-0.2, 0) is 17.4 Å². The van der Waals surface area contributed by atoms with Crippen LogP contribution in [0.3, 0.4) is 0 Å². The fraction of sp³-hybridized carbons (Fsp3) is 0.152. The maximum Gasteiger partial charge on any atom is 0.416 e. The van der Waals surface area contributed by atoms with Crippen molar-refractivity contribution >= 4 is 17.5 Å². The van der Waals surface area contributed by atoms with Crippen LogP contribution >= 0.6 is 0 Å². The Kier molecular flexibility index (Phi) is 8.75. The predicted octanol–water partition coefficient (Wildman–Crippen LogP) is 6.56. The number of hydrogen-bond donors (Lipinski definition) is 2. The molecule has 5 aromatic rings. The minimum atomic E-state index is -4.39. The first-order valence-electron chi connectivity index (χ1n) is 13.6. The van der Waals surface area contributed by atoms with Gasteiger partial charge >= 0.3 is 6.18 Å². The third-order valence-corrected chi connectivity index (χ3v) is 6.95. The number of pyridine rings is 1. The average Bonchev–Trinajstić information content (AvgIpc) is 3.48. The molecule has 0 aliphatic rings. The van der Waals surface area contributed by atoms with Crippen molar-refractivity contribution in [3.8, 4) is 34.0 Å². The van der Waals surface area contributed by atoms with E-state index >= 15 is 0 Å². The van der Waals surface area contributed by atoms with Gasteiger partial charge in [-0.2, -0.15) is 18.3 Å². The Labute approximate surface area is 251 Å². The zero-order valence-corrected chi connectivity index (χ0v) is 23.9. The van der Waals surface area contributed by atoms with E-state index in [1.54, 1.807) is 36.0 Å². The Balaban J connectivity index is 1.41. The van der Waals surface area contributed by atoms with E-state index in [1.807, 2.05) is 42.5 Å². The van der Waals surface area contributed by atoms with Crippen LogP contribution in [0.25, 0.3) is 28.1 Å². The maximum atomic E-state index is 13.0. The molecular weight excluding hydrogens is 571 g/mol. The number of rotatable bonds is 9. The molecule has 3 aromatic carbocycles.